The van der Waals surface area contributed by atoms with Gasteiger partial charge in [-0.05, 0) is 36.4 Å². The van der Waals surface area contributed by atoms with E-state index in [2.05, 4.69) is 10.4 Å². The second-order valence-corrected chi connectivity index (χ2v) is 8.34. The smallest absolute Gasteiger partial charge is 0.408 e. The molecule has 160 valence electrons. The van der Waals surface area contributed by atoms with Crippen LogP contribution in [0.5, 0.6) is 0 Å². The first-order chi connectivity index (χ1) is 14.7. The van der Waals surface area contributed by atoms with E-state index >= 15 is 0 Å². The number of amides is 1. The van der Waals surface area contributed by atoms with E-state index in [9.17, 15) is 14.0 Å². The molecule has 4 aromatic rings. The van der Waals surface area contributed by atoms with Crippen LogP contribution in [-0.4, -0.2) is 20.3 Å². The highest BCUT2D eigenvalue weighted by molar-refractivity contribution is 5.90. The van der Waals surface area contributed by atoms with E-state index in [-0.39, 0.29) is 30.1 Å². The quantitative estimate of drug-likeness (QED) is 0.521. The fourth-order valence-electron chi connectivity index (χ4n) is 3.26. The zero-order valence-electron chi connectivity index (χ0n) is 17.6. The summed E-state index contributed by atoms with van der Waals surface area (Å²) in [6.07, 6.45) is 0.0723. The van der Waals surface area contributed by atoms with Gasteiger partial charge in [-0.25, -0.2) is 13.9 Å². The van der Waals surface area contributed by atoms with E-state index in [0.717, 1.165) is 5.69 Å². The van der Waals surface area contributed by atoms with Gasteiger partial charge in [0.05, 0.1) is 16.9 Å². The molecule has 4 rings (SSSR count). The molecule has 0 atom stereocenters. The predicted molar refractivity (Wildman–Crippen MR) is 116 cm³/mol. The van der Waals surface area contributed by atoms with Crippen LogP contribution in [0.4, 0.5) is 10.2 Å². The van der Waals surface area contributed by atoms with Crippen molar-refractivity contribution in [3.8, 4) is 5.69 Å². The minimum atomic E-state index is -0.500. The Hall–Kier alpha value is -3.68. The number of nitrogens with zero attached hydrogens (tertiary/aromatic N) is 3. The zero-order chi connectivity index (χ0) is 22.2. The molecule has 0 aliphatic carbocycles. The van der Waals surface area contributed by atoms with Crippen LogP contribution in [0.15, 0.2) is 63.8 Å². The molecule has 0 aliphatic heterocycles. The summed E-state index contributed by atoms with van der Waals surface area (Å²) in [5, 5.41) is 7.48. The number of fused-ring (bicyclic) bond motifs is 1. The van der Waals surface area contributed by atoms with Crippen LogP contribution in [0.3, 0.4) is 0 Å². The van der Waals surface area contributed by atoms with E-state index in [0.29, 0.717) is 22.6 Å². The molecule has 0 bridgehead atoms. The van der Waals surface area contributed by atoms with Crippen LogP contribution >= 0.6 is 0 Å². The van der Waals surface area contributed by atoms with Crippen LogP contribution in [0.2, 0.25) is 0 Å². The Labute approximate surface area is 178 Å². The van der Waals surface area contributed by atoms with Crippen molar-refractivity contribution >= 4 is 22.8 Å². The van der Waals surface area contributed by atoms with Gasteiger partial charge in [0.2, 0.25) is 5.91 Å². The molecule has 0 fully saturated rings. The van der Waals surface area contributed by atoms with Crippen LogP contribution < -0.4 is 11.1 Å². The van der Waals surface area contributed by atoms with Crippen LogP contribution in [0.1, 0.15) is 32.9 Å². The van der Waals surface area contributed by atoms with E-state index in [1.807, 2.05) is 26.8 Å². The maximum atomic E-state index is 13.4. The summed E-state index contributed by atoms with van der Waals surface area (Å²) < 4.78 is 21.6. The maximum Gasteiger partial charge on any atom is 0.419 e. The summed E-state index contributed by atoms with van der Waals surface area (Å²) in [4.78, 5) is 24.8. The first-order valence-corrected chi connectivity index (χ1v) is 9.97. The first-order valence-electron chi connectivity index (χ1n) is 9.97. The maximum absolute atomic E-state index is 13.4. The lowest BCUT2D eigenvalue weighted by Crippen LogP contribution is -2.20. The molecule has 0 unspecified atom stereocenters. The van der Waals surface area contributed by atoms with Crippen molar-refractivity contribution in [3.63, 3.8) is 0 Å². The van der Waals surface area contributed by atoms with Gasteiger partial charge < -0.3 is 9.73 Å². The summed E-state index contributed by atoms with van der Waals surface area (Å²) in [5.74, 6) is -0.650. The number of carbonyl (C=O) groups excluding carboxylic acids is 1. The number of nitrogens with one attached hydrogen (secondary N) is 1. The summed E-state index contributed by atoms with van der Waals surface area (Å²) >= 11 is 0. The largest absolute Gasteiger partial charge is 0.419 e. The molecule has 8 heteroatoms. The topological polar surface area (TPSA) is 82.1 Å². The number of aryl methyl sites for hydroxylation is 1. The first kappa shape index (κ1) is 20.6. The normalized spacial score (nSPS) is 11.7. The molecule has 1 N–H and O–H groups in total. The predicted octanol–water partition coefficient (Wildman–Crippen LogP) is 4.25. The van der Waals surface area contributed by atoms with Crippen molar-refractivity contribution < 1.29 is 13.6 Å². The molecular formula is C23H23FN4O3. The van der Waals surface area contributed by atoms with Crippen LogP contribution in [0, 0.1) is 5.82 Å². The Morgan fingerprint density at radius 3 is 2.55 bits per heavy atom. The van der Waals surface area contributed by atoms with Crippen molar-refractivity contribution in [2.75, 3.05) is 5.32 Å². The highest BCUT2D eigenvalue weighted by atomic mass is 19.1. The Morgan fingerprint density at radius 2 is 1.84 bits per heavy atom. The molecule has 0 saturated carbocycles. The molecule has 0 spiro atoms. The molecule has 31 heavy (non-hydrogen) atoms. The van der Waals surface area contributed by atoms with Gasteiger partial charge in [0, 0.05) is 24.4 Å². The summed E-state index contributed by atoms with van der Waals surface area (Å²) in [7, 11) is 0. The fraction of sp³-hybridized carbons (Fsp3) is 0.261. The molecule has 0 radical (unpaired) electrons. The Balaban J connectivity index is 1.57. The van der Waals surface area contributed by atoms with Gasteiger partial charge in [-0.1, -0.05) is 32.9 Å². The minimum Gasteiger partial charge on any atom is -0.408 e. The second-order valence-electron chi connectivity index (χ2n) is 8.34. The lowest BCUT2D eigenvalue weighted by Gasteiger charge is -2.14. The molecular weight excluding hydrogens is 399 g/mol. The van der Waals surface area contributed by atoms with E-state index < -0.39 is 5.76 Å². The van der Waals surface area contributed by atoms with Crippen molar-refractivity contribution in [3.05, 3.63) is 76.7 Å². The Bertz CT molecular complexity index is 1290. The van der Waals surface area contributed by atoms with Gasteiger partial charge in [-0.2, -0.15) is 5.10 Å². The number of hydrogen-bond acceptors (Lipinski definition) is 4. The number of hydrogen-bond donors (Lipinski definition) is 1. The molecule has 2 heterocycles. The zero-order valence-corrected chi connectivity index (χ0v) is 17.6. The third kappa shape index (κ3) is 4.28. The van der Waals surface area contributed by atoms with Gasteiger partial charge in [-0.3, -0.25) is 9.36 Å². The number of oxazole rings is 1. The van der Waals surface area contributed by atoms with Gasteiger partial charge in [-0.15, -0.1) is 0 Å². The third-order valence-corrected chi connectivity index (χ3v) is 4.95. The molecule has 1 amide bonds. The number of benzene rings is 2. The van der Waals surface area contributed by atoms with Gasteiger partial charge in [0.15, 0.2) is 5.58 Å². The average Bonchev–Trinajstić information content (AvgIpc) is 3.27. The SMILES string of the molecule is CC(C)(C)c1cc(NC(=O)CCn2c(=O)oc3ccccc32)n(-c2ccc(F)cc2)n1. The van der Waals surface area contributed by atoms with Crippen LogP contribution in [-0.2, 0) is 16.8 Å². The van der Waals surface area contributed by atoms with Crippen LogP contribution in [0.25, 0.3) is 16.8 Å². The number of halogens is 1. The summed E-state index contributed by atoms with van der Waals surface area (Å²) in [5.41, 5.74) is 2.30. The monoisotopic (exact) mass is 422 g/mol. The van der Waals surface area contributed by atoms with Gasteiger partial charge >= 0.3 is 5.76 Å². The lowest BCUT2D eigenvalue weighted by molar-refractivity contribution is -0.116. The number of para-hydroxylation sites is 2. The van der Waals surface area contributed by atoms with Crippen molar-refractivity contribution in [2.24, 2.45) is 0 Å². The second kappa shape index (κ2) is 7.86. The molecule has 0 aliphatic rings. The van der Waals surface area contributed by atoms with Gasteiger partial charge in [0.1, 0.15) is 11.6 Å². The molecule has 2 aromatic carbocycles. The highest BCUT2D eigenvalue weighted by Gasteiger charge is 2.21. The number of aromatic nitrogens is 3. The van der Waals surface area contributed by atoms with Crippen molar-refractivity contribution in [1.82, 2.24) is 14.3 Å². The standard InChI is InChI=1S/C23H23FN4O3/c1-23(2,3)19-14-20(28(26-19)16-10-8-15(24)9-11-16)25-21(29)12-13-27-17-6-4-5-7-18(17)31-22(27)30/h4-11,14H,12-13H2,1-3H3,(H,25,29). The van der Waals surface area contributed by atoms with E-state index in [1.165, 1.54) is 16.7 Å². The fourth-order valence-corrected chi connectivity index (χ4v) is 3.26. The van der Waals surface area contributed by atoms with E-state index in [4.69, 9.17) is 4.42 Å². The van der Waals surface area contributed by atoms with Gasteiger partial charge in [0.25, 0.3) is 0 Å². The molecule has 2 aromatic heterocycles. The lowest BCUT2D eigenvalue weighted by atomic mass is 9.92. The Morgan fingerprint density at radius 1 is 1.13 bits per heavy atom. The molecule has 7 nitrogen and oxygen atoms in total. The van der Waals surface area contributed by atoms with Crippen molar-refractivity contribution in [1.29, 1.82) is 0 Å². The van der Waals surface area contributed by atoms with Crippen molar-refractivity contribution in [2.45, 2.75) is 39.2 Å². The number of rotatable bonds is 5. The highest BCUT2D eigenvalue weighted by Crippen LogP contribution is 2.26. The summed E-state index contributed by atoms with van der Waals surface area (Å²) in [6, 6.07) is 14.8. The third-order valence-electron chi connectivity index (χ3n) is 4.95. The summed E-state index contributed by atoms with van der Waals surface area (Å²) in [6.45, 7) is 6.24. The Kier molecular flexibility index (Phi) is 5.22. The van der Waals surface area contributed by atoms with E-state index in [1.54, 1.807) is 41.1 Å². The minimum absolute atomic E-state index is 0.0723. The number of carbonyl (C=O) groups is 1. The average molecular weight is 422 g/mol. The number of anilines is 1. The molecule has 0 saturated heterocycles.